The molecule has 0 aliphatic heterocycles. The molecule has 0 aromatic heterocycles. The Balaban J connectivity index is 2.31. The van der Waals surface area contributed by atoms with Crippen LogP contribution in [0.25, 0.3) is 10.8 Å². The maximum atomic E-state index is 3.81. The lowest BCUT2D eigenvalue weighted by atomic mass is 9.97. The number of likely N-dealkylation sites (N-methyl/N-ethyl adjacent to an activating group) is 1. The van der Waals surface area contributed by atoms with Gasteiger partial charge < -0.3 is 5.32 Å². The summed E-state index contributed by atoms with van der Waals surface area (Å²) in [5.41, 5.74) is 1.41. The quantitative estimate of drug-likeness (QED) is 0.767. The summed E-state index contributed by atoms with van der Waals surface area (Å²) >= 11 is 0. The highest BCUT2D eigenvalue weighted by Crippen LogP contribution is 2.20. The second kappa shape index (κ2) is 5.65. The smallest absolute Gasteiger partial charge is 0.0139 e. The third-order valence-electron chi connectivity index (χ3n) is 3.21. The summed E-state index contributed by atoms with van der Waals surface area (Å²) in [5, 5.41) is 6.02. The van der Waals surface area contributed by atoms with Crippen LogP contribution in [-0.2, 0) is 6.42 Å². The topological polar surface area (TPSA) is 12.0 Å². The van der Waals surface area contributed by atoms with Crippen LogP contribution in [0.15, 0.2) is 55.1 Å². The van der Waals surface area contributed by atoms with Crippen molar-refractivity contribution in [3.05, 3.63) is 60.7 Å². The van der Waals surface area contributed by atoms with Gasteiger partial charge in [-0.1, -0.05) is 48.5 Å². The van der Waals surface area contributed by atoms with Gasteiger partial charge in [0.15, 0.2) is 0 Å². The molecule has 0 saturated carbocycles. The Hall–Kier alpha value is -1.60. The van der Waals surface area contributed by atoms with Crippen molar-refractivity contribution in [2.24, 2.45) is 0 Å². The van der Waals surface area contributed by atoms with E-state index in [1.807, 2.05) is 13.1 Å². The van der Waals surface area contributed by atoms with Crippen molar-refractivity contribution in [1.82, 2.24) is 5.32 Å². The van der Waals surface area contributed by atoms with E-state index in [0.29, 0.717) is 6.04 Å². The number of hydrogen-bond donors (Lipinski definition) is 1. The molecule has 1 nitrogen and oxygen atoms in total. The molecule has 17 heavy (non-hydrogen) atoms. The van der Waals surface area contributed by atoms with E-state index in [4.69, 9.17) is 0 Å². The zero-order chi connectivity index (χ0) is 12.1. The Bertz CT molecular complexity index is 496. The Morgan fingerprint density at radius 1 is 1.18 bits per heavy atom. The van der Waals surface area contributed by atoms with Crippen LogP contribution in [0.4, 0.5) is 0 Å². The van der Waals surface area contributed by atoms with Crippen molar-refractivity contribution in [3.8, 4) is 0 Å². The molecule has 0 radical (unpaired) electrons. The summed E-state index contributed by atoms with van der Waals surface area (Å²) in [6.07, 6.45) is 4.02. The minimum Gasteiger partial charge on any atom is -0.316 e. The molecule has 0 aliphatic rings. The first-order chi connectivity index (χ1) is 8.35. The lowest BCUT2D eigenvalue weighted by Crippen LogP contribution is -2.26. The number of fused-ring (bicyclic) bond motifs is 1. The van der Waals surface area contributed by atoms with Gasteiger partial charge in [0.1, 0.15) is 0 Å². The predicted octanol–water partition coefficient (Wildman–Crippen LogP) is 3.55. The summed E-state index contributed by atoms with van der Waals surface area (Å²) in [4.78, 5) is 0. The van der Waals surface area contributed by atoms with Crippen LogP contribution >= 0.6 is 0 Å². The van der Waals surface area contributed by atoms with Crippen molar-refractivity contribution in [2.45, 2.75) is 18.9 Å². The standard InChI is InChI=1S/C16H19N/c1-3-7-15(17-2)12-14-10-6-9-13-8-4-5-11-16(13)14/h3-6,8-11,15,17H,1,7,12H2,2H3. The molecule has 1 N–H and O–H groups in total. The summed E-state index contributed by atoms with van der Waals surface area (Å²) < 4.78 is 0. The van der Waals surface area contributed by atoms with Crippen LogP contribution in [0.1, 0.15) is 12.0 Å². The van der Waals surface area contributed by atoms with Gasteiger partial charge in [0.25, 0.3) is 0 Å². The van der Waals surface area contributed by atoms with E-state index >= 15 is 0 Å². The Labute approximate surface area is 103 Å². The fourth-order valence-electron chi connectivity index (χ4n) is 2.24. The summed E-state index contributed by atoms with van der Waals surface area (Å²) in [6.45, 7) is 3.81. The van der Waals surface area contributed by atoms with Crippen LogP contribution in [0.2, 0.25) is 0 Å². The minimum absolute atomic E-state index is 0.471. The van der Waals surface area contributed by atoms with Crippen LogP contribution in [-0.4, -0.2) is 13.1 Å². The molecule has 88 valence electrons. The Kier molecular flexibility index (Phi) is 3.94. The van der Waals surface area contributed by atoms with Crippen LogP contribution in [0.5, 0.6) is 0 Å². The van der Waals surface area contributed by atoms with Gasteiger partial charge in [-0.3, -0.25) is 0 Å². The molecular weight excluding hydrogens is 206 g/mol. The minimum atomic E-state index is 0.471. The maximum absolute atomic E-state index is 3.81. The van der Waals surface area contributed by atoms with Gasteiger partial charge in [0.2, 0.25) is 0 Å². The molecule has 1 unspecified atom stereocenters. The molecule has 0 amide bonds. The van der Waals surface area contributed by atoms with Gasteiger partial charge in [-0.05, 0) is 36.2 Å². The van der Waals surface area contributed by atoms with Crippen molar-refractivity contribution in [2.75, 3.05) is 7.05 Å². The molecule has 1 heteroatoms. The van der Waals surface area contributed by atoms with E-state index < -0.39 is 0 Å². The van der Waals surface area contributed by atoms with Crippen LogP contribution in [0.3, 0.4) is 0 Å². The molecule has 0 aliphatic carbocycles. The number of benzene rings is 2. The van der Waals surface area contributed by atoms with Crippen molar-refractivity contribution in [1.29, 1.82) is 0 Å². The zero-order valence-electron chi connectivity index (χ0n) is 10.3. The van der Waals surface area contributed by atoms with E-state index in [2.05, 4.69) is 54.4 Å². The predicted molar refractivity (Wildman–Crippen MR) is 75.3 cm³/mol. The number of rotatable bonds is 5. The number of hydrogen-bond acceptors (Lipinski definition) is 1. The number of nitrogens with one attached hydrogen (secondary N) is 1. The average Bonchev–Trinajstić information content (AvgIpc) is 2.38. The van der Waals surface area contributed by atoms with E-state index in [0.717, 1.165) is 12.8 Å². The summed E-state index contributed by atoms with van der Waals surface area (Å²) in [6, 6.07) is 15.6. The molecule has 0 fully saturated rings. The average molecular weight is 225 g/mol. The van der Waals surface area contributed by atoms with Gasteiger partial charge in [-0.2, -0.15) is 0 Å². The molecule has 1 atom stereocenters. The van der Waals surface area contributed by atoms with E-state index in [1.165, 1.54) is 16.3 Å². The van der Waals surface area contributed by atoms with Gasteiger partial charge >= 0.3 is 0 Å². The van der Waals surface area contributed by atoms with Crippen molar-refractivity contribution in [3.63, 3.8) is 0 Å². The molecular formula is C16H19N. The first-order valence-electron chi connectivity index (χ1n) is 6.10. The van der Waals surface area contributed by atoms with Crippen LogP contribution in [0, 0.1) is 0 Å². The SMILES string of the molecule is C=CCC(Cc1cccc2ccccc12)NC. The van der Waals surface area contributed by atoms with Crippen molar-refractivity contribution >= 4 is 10.8 Å². The molecule has 0 spiro atoms. The second-order valence-corrected chi connectivity index (χ2v) is 4.35. The van der Waals surface area contributed by atoms with E-state index in [1.54, 1.807) is 0 Å². The van der Waals surface area contributed by atoms with E-state index in [-0.39, 0.29) is 0 Å². The molecule has 0 bridgehead atoms. The molecule has 0 saturated heterocycles. The second-order valence-electron chi connectivity index (χ2n) is 4.35. The first-order valence-corrected chi connectivity index (χ1v) is 6.10. The fourth-order valence-corrected chi connectivity index (χ4v) is 2.24. The largest absolute Gasteiger partial charge is 0.316 e. The van der Waals surface area contributed by atoms with Gasteiger partial charge in [-0.15, -0.1) is 6.58 Å². The third-order valence-corrected chi connectivity index (χ3v) is 3.21. The lowest BCUT2D eigenvalue weighted by molar-refractivity contribution is 0.568. The molecule has 0 heterocycles. The first kappa shape index (κ1) is 11.9. The van der Waals surface area contributed by atoms with Crippen LogP contribution < -0.4 is 5.32 Å². The lowest BCUT2D eigenvalue weighted by Gasteiger charge is -2.15. The Morgan fingerprint density at radius 3 is 2.71 bits per heavy atom. The maximum Gasteiger partial charge on any atom is 0.0139 e. The third kappa shape index (κ3) is 2.75. The highest BCUT2D eigenvalue weighted by Gasteiger charge is 2.07. The highest BCUT2D eigenvalue weighted by atomic mass is 14.9. The van der Waals surface area contributed by atoms with Gasteiger partial charge in [0.05, 0.1) is 0 Å². The summed E-state index contributed by atoms with van der Waals surface area (Å²) in [7, 11) is 2.01. The molecule has 2 aromatic rings. The van der Waals surface area contributed by atoms with Crippen molar-refractivity contribution < 1.29 is 0 Å². The highest BCUT2D eigenvalue weighted by molar-refractivity contribution is 5.85. The zero-order valence-corrected chi connectivity index (χ0v) is 10.3. The Morgan fingerprint density at radius 2 is 1.94 bits per heavy atom. The van der Waals surface area contributed by atoms with E-state index in [9.17, 15) is 0 Å². The normalized spacial score (nSPS) is 12.5. The van der Waals surface area contributed by atoms with Gasteiger partial charge in [-0.25, -0.2) is 0 Å². The van der Waals surface area contributed by atoms with Gasteiger partial charge in [0, 0.05) is 6.04 Å². The molecule has 2 aromatic carbocycles. The summed E-state index contributed by atoms with van der Waals surface area (Å²) in [5.74, 6) is 0. The monoisotopic (exact) mass is 225 g/mol. The fraction of sp³-hybridized carbons (Fsp3) is 0.250. The molecule has 2 rings (SSSR count).